The Hall–Kier alpha value is -0.770. The lowest BCUT2D eigenvalue weighted by atomic mass is 9.91. The molecular weight excluding hydrogens is 204 g/mol. The summed E-state index contributed by atoms with van der Waals surface area (Å²) >= 11 is 0. The van der Waals surface area contributed by atoms with E-state index in [1.54, 1.807) is 4.90 Å². The van der Waals surface area contributed by atoms with E-state index in [-0.39, 0.29) is 12.1 Å². The molecule has 1 fully saturated rings. The third-order valence-corrected chi connectivity index (χ3v) is 2.97. The summed E-state index contributed by atoms with van der Waals surface area (Å²) < 4.78 is 5.35. The lowest BCUT2D eigenvalue weighted by Crippen LogP contribution is -2.50. The highest BCUT2D eigenvalue weighted by Gasteiger charge is 2.30. The Bertz CT molecular complexity index is 248. The Morgan fingerprint density at radius 3 is 2.62 bits per heavy atom. The van der Waals surface area contributed by atoms with Crippen molar-refractivity contribution < 1.29 is 9.53 Å². The second-order valence-electron chi connectivity index (χ2n) is 5.55. The van der Waals surface area contributed by atoms with Gasteiger partial charge in [0, 0.05) is 19.1 Å². The molecule has 16 heavy (non-hydrogen) atoms. The minimum absolute atomic E-state index is 0.210. The third kappa shape index (κ3) is 3.67. The molecule has 1 aliphatic heterocycles. The van der Waals surface area contributed by atoms with Crippen LogP contribution < -0.4 is 5.73 Å². The van der Waals surface area contributed by atoms with Gasteiger partial charge in [0.1, 0.15) is 5.60 Å². The molecule has 0 aromatic heterocycles. The van der Waals surface area contributed by atoms with Crippen molar-refractivity contribution in [3.05, 3.63) is 0 Å². The first-order valence-electron chi connectivity index (χ1n) is 6.07. The molecule has 1 aliphatic rings. The number of hydrogen-bond acceptors (Lipinski definition) is 3. The fourth-order valence-electron chi connectivity index (χ4n) is 1.97. The summed E-state index contributed by atoms with van der Waals surface area (Å²) in [6.07, 6.45) is 1.68. The maximum Gasteiger partial charge on any atom is 0.410 e. The van der Waals surface area contributed by atoms with Crippen molar-refractivity contribution in [3.8, 4) is 0 Å². The monoisotopic (exact) mass is 228 g/mol. The van der Waals surface area contributed by atoms with Crippen LogP contribution in [-0.4, -0.2) is 35.7 Å². The molecule has 1 rings (SSSR count). The van der Waals surface area contributed by atoms with Gasteiger partial charge in [-0.15, -0.1) is 0 Å². The summed E-state index contributed by atoms with van der Waals surface area (Å²) in [7, 11) is 0. The number of nitrogens with two attached hydrogens (primary N) is 1. The molecule has 0 radical (unpaired) electrons. The minimum Gasteiger partial charge on any atom is -0.444 e. The standard InChI is InChI=1S/C12H24N2O2/c1-5-9-8-14(7-6-10(9)13)11(15)16-12(2,3)4/h9-10H,5-8,13H2,1-4H3/t9?,10-/m0/s1. The molecule has 0 saturated carbocycles. The average Bonchev–Trinajstić information content (AvgIpc) is 2.15. The molecule has 4 nitrogen and oxygen atoms in total. The van der Waals surface area contributed by atoms with Crippen LogP contribution in [0.15, 0.2) is 0 Å². The highest BCUT2D eigenvalue weighted by molar-refractivity contribution is 5.68. The van der Waals surface area contributed by atoms with Gasteiger partial charge >= 0.3 is 6.09 Å². The molecule has 2 N–H and O–H groups in total. The van der Waals surface area contributed by atoms with E-state index in [1.807, 2.05) is 20.8 Å². The SMILES string of the molecule is CCC1CN(C(=O)OC(C)(C)C)CC[C@@H]1N. The fraction of sp³-hybridized carbons (Fsp3) is 0.917. The van der Waals surface area contributed by atoms with E-state index >= 15 is 0 Å². The highest BCUT2D eigenvalue weighted by Crippen LogP contribution is 2.20. The van der Waals surface area contributed by atoms with Crippen LogP contribution in [0.5, 0.6) is 0 Å². The van der Waals surface area contributed by atoms with Crippen LogP contribution >= 0.6 is 0 Å². The predicted octanol–water partition coefficient (Wildman–Crippen LogP) is 1.98. The molecule has 1 amide bonds. The molecule has 0 spiro atoms. The van der Waals surface area contributed by atoms with E-state index in [2.05, 4.69) is 6.92 Å². The van der Waals surface area contributed by atoms with Crippen LogP contribution in [0.3, 0.4) is 0 Å². The maximum absolute atomic E-state index is 11.8. The van der Waals surface area contributed by atoms with Crippen molar-refractivity contribution in [1.29, 1.82) is 0 Å². The lowest BCUT2D eigenvalue weighted by molar-refractivity contribution is 0.0146. The first-order valence-corrected chi connectivity index (χ1v) is 6.07. The number of rotatable bonds is 1. The summed E-state index contributed by atoms with van der Waals surface area (Å²) in [5.41, 5.74) is 5.58. The number of amides is 1. The Balaban J connectivity index is 2.52. The zero-order valence-electron chi connectivity index (χ0n) is 10.8. The largest absolute Gasteiger partial charge is 0.444 e. The zero-order valence-corrected chi connectivity index (χ0v) is 10.8. The van der Waals surface area contributed by atoms with Gasteiger partial charge in [-0.1, -0.05) is 13.3 Å². The summed E-state index contributed by atoms with van der Waals surface area (Å²) in [4.78, 5) is 13.6. The average molecular weight is 228 g/mol. The van der Waals surface area contributed by atoms with Gasteiger partial charge < -0.3 is 15.4 Å². The molecular formula is C12H24N2O2. The fourth-order valence-corrected chi connectivity index (χ4v) is 1.97. The zero-order chi connectivity index (χ0) is 12.3. The molecule has 0 aliphatic carbocycles. The van der Waals surface area contributed by atoms with Crippen molar-refractivity contribution in [2.75, 3.05) is 13.1 Å². The number of hydrogen-bond donors (Lipinski definition) is 1. The number of piperidine rings is 1. The molecule has 1 unspecified atom stereocenters. The van der Waals surface area contributed by atoms with Gasteiger partial charge in [0.15, 0.2) is 0 Å². The van der Waals surface area contributed by atoms with Crippen molar-refractivity contribution >= 4 is 6.09 Å². The third-order valence-electron chi connectivity index (χ3n) is 2.97. The number of carbonyl (C=O) groups excluding carboxylic acids is 1. The van der Waals surface area contributed by atoms with Gasteiger partial charge in [-0.05, 0) is 33.1 Å². The van der Waals surface area contributed by atoms with E-state index in [4.69, 9.17) is 10.5 Å². The van der Waals surface area contributed by atoms with Crippen molar-refractivity contribution in [1.82, 2.24) is 4.90 Å². The summed E-state index contributed by atoms with van der Waals surface area (Å²) in [5.74, 6) is 0.404. The van der Waals surface area contributed by atoms with E-state index < -0.39 is 5.60 Å². The predicted molar refractivity (Wildman–Crippen MR) is 64.2 cm³/mol. The van der Waals surface area contributed by atoms with Crippen molar-refractivity contribution in [2.24, 2.45) is 11.7 Å². The van der Waals surface area contributed by atoms with E-state index in [1.165, 1.54) is 0 Å². The normalized spacial score (nSPS) is 26.7. The van der Waals surface area contributed by atoms with Crippen LogP contribution in [0.1, 0.15) is 40.5 Å². The number of ether oxygens (including phenoxy) is 1. The Morgan fingerprint density at radius 1 is 1.50 bits per heavy atom. The molecule has 0 bridgehead atoms. The number of nitrogens with zero attached hydrogens (tertiary/aromatic N) is 1. The summed E-state index contributed by atoms with van der Waals surface area (Å²) in [6, 6.07) is 0.226. The van der Waals surface area contributed by atoms with Crippen LogP contribution in [0.2, 0.25) is 0 Å². The highest BCUT2D eigenvalue weighted by atomic mass is 16.6. The van der Waals surface area contributed by atoms with Crippen molar-refractivity contribution in [2.45, 2.75) is 52.2 Å². The van der Waals surface area contributed by atoms with Crippen LogP contribution in [-0.2, 0) is 4.74 Å². The second-order valence-corrected chi connectivity index (χ2v) is 5.55. The lowest BCUT2D eigenvalue weighted by Gasteiger charge is -2.37. The molecule has 4 heteroatoms. The molecule has 1 saturated heterocycles. The molecule has 1 heterocycles. The topological polar surface area (TPSA) is 55.6 Å². The smallest absolute Gasteiger partial charge is 0.410 e. The van der Waals surface area contributed by atoms with E-state index in [9.17, 15) is 4.79 Å². The minimum atomic E-state index is -0.418. The van der Waals surface area contributed by atoms with Gasteiger partial charge in [-0.3, -0.25) is 0 Å². The number of likely N-dealkylation sites (tertiary alicyclic amines) is 1. The molecule has 0 aromatic carbocycles. The summed E-state index contributed by atoms with van der Waals surface area (Å²) in [6.45, 7) is 9.22. The van der Waals surface area contributed by atoms with Crippen LogP contribution in [0, 0.1) is 5.92 Å². The van der Waals surface area contributed by atoms with Gasteiger partial charge in [0.25, 0.3) is 0 Å². The first-order chi connectivity index (χ1) is 7.33. The van der Waals surface area contributed by atoms with E-state index in [0.717, 1.165) is 19.4 Å². The summed E-state index contributed by atoms with van der Waals surface area (Å²) in [5, 5.41) is 0. The Labute approximate surface area is 98.1 Å². The van der Waals surface area contributed by atoms with Crippen molar-refractivity contribution in [3.63, 3.8) is 0 Å². The molecule has 0 aromatic rings. The van der Waals surface area contributed by atoms with Gasteiger partial charge in [-0.2, -0.15) is 0 Å². The maximum atomic E-state index is 11.8. The second kappa shape index (κ2) is 5.04. The van der Waals surface area contributed by atoms with E-state index in [0.29, 0.717) is 12.5 Å². The first kappa shape index (κ1) is 13.3. The quantitative estimate of drug-likeness (QED) is 0.746. The van der Waals surface area contributed by atoms with Crippen LogP contribution in [0.25, 0.3) is 0 Å². The van der Waals surface area contributed by atoms with Crippen LogP contribution in [0.4, 0.5) is 4.79 Å². The molecule has 94 valence electrons. The van der Waals surface area contributed by atoms with Gasteiger partial charge in [-0.25, -0.2) is 4.79 Å². The van der Waals surface area contributed by atoms with Gasteiger partial charge in [0.05, 0.1) is 0 Å². The Kier molecular flexibility index (Phi) is 4.19. The number of carbonyl (C=O) groups is 1. The Morgan fingerprint density at radius 2 is 2.12 bits per heavy atom. The molecule has 2 atom stereocenters. The van der Waals surface area contributed by atoms with Gasteiger partial charge in [0.2, 0.25) is 0 Å².